The van der Waals surface area contributed by atoms with Crippen molar-refractivity contribution in [2.45, 2.75) is 6.92 Å². The first-order valence-electron chi connectivity index (χ1n) is 8.33. The molecule has 9 heteroatoms. The Morgan fingerprint density at radius 2 is 1.76 bits per heavy atom. The molecule has 0 spiro atoms. The number of methoxy groups -OCH3 is 1. The Bertz CT molecular complexity index is 1050. The van der Waals surface area contributed by atoms with Crippen LogP contribution in [-0.4, -0.2) is 30.9 Å². The number of amides is 4. The summed E-state index contributed by atoms with van der Waals surface area (Å²) in [7, 11) is 1.37. The number of ether oxygens (including phenoxy) is 2. The van der Waals surface area contributed by atoms with Crippen molar-refractivity contribution in [1.82, 2.24) is 5.32 Å². The number of imide groups is 2. The van der Waals surface area contributed by atoms with E-state index in [1.165, 1.54) is 50.4 Å². The molecule has 2 aromatic carbocycles. The summed E-state index contributed by atoms with van der Waals surface area (Å²) in [6.07, 6.45) is 1.26. The van der Waals surface area contributed by atoms with E-state index in [9.17, 15) is 23.6 Å². The number of esters is 1. The lowest BCUT2D eigenvalue weighted by molar-refractivity contribution is -0.132. The van der Waals surface area contributed by atoms with Gasteiger partial charge in [-0.15, -0.1) is 0 Å². The number of barbiturate groups is 1. The minimum Gasteiger partial charge on any atom is -0.493 e. The van der Waals surface area contributed by atoms with Crippen LogP contribution in [0.3, 0.4) is 0 Å². The summed E-state index contributed by atoms with van der Waals surface area (Å²) in [6.45, 7) is 1.24. The fourth-order valence-corrected chi connectivity index (χ4v) is 2.66. The molecule has 8 nitrogen and oxygen atoms in total. The summed E-state index contributed by atoms with van der Waals surface area (Å²) >= 11 is 0. The van der Waals surface area contributed by atoms with Gasteiger partial charge in [0.1, 0.15) is 11.4 Å². The van der Waals surface area contributed by atoms with Crippen LogP contribution < -0.4 is 19.7 Å². The Kier molecular flexibility index (Phi) is 5.40. The molecule has 3 rings (SSSR count). The molecule has 1 N–H and O–H groups in total. The first-order chi connectivity index (χ1) is 13.8. The van der Waals surface area contributed by atoms with E-state index >= 15 is 0 Å². The van der Waals surface area contributed by atoms with E-state index in [-0.39, 0.29) is 22.8 Å². The van der Waals surface area contributed by atoms with Crippen LogP contribution in [0.1, 0.15) is 12.5 Å². The highest BCUT2D eigenvalue weighted by Crippen LogP contribution is 2.30. The first kappa shape index (κ1) is 19.7. The molecule has 1 aliphatic rings. The van der Waals surface area contributed by atoms with Gasteiger partial charge in [-0.1, -0.05) is 6.07 Å². The van der Waals surface area contributed by atoms with Gasteiger partial charge in [-0.3, -0.25) is 19.7 Å². The van der Waals surface area contributed by atoms with Gasteiger partial charge in [-0.25, -0.2) is 14.1 Å². The summed E-state index contributed by atoms with van der Waals surface area (Å²) in [5, 5.41) is 2.07. The van der Waals surface area contributed by atoms with E-state index in [0.29, 0.717) is 5.56 Å². The zero-order valence-corrected chi connectivity index (χ0v) is 15.4. The van der Waals surface area contributed by atoms with Crippen molar-refractivity contribution < 1.29 is 33.0 Å². The van der Waals surface area contributed by atoms with Gasteiger partial charge in [0.15, 0.2) is 11.5 Å². The molecule has 0 bridgehead atoms. The lowest BCUT2D eigenvalue weighted by Gasteiger charge is -2.26. The molecular formula is C20H15FN2O6. The van der Waals surface area contributed by atoms with Crippen LogP contribution in [0.4, 0.5) is 14.9 Å². The third-order valence-electron chi connectivity index (χ3n) is 3.94. The van der Waals surface area contributed by atoms with Gasteiger partial charge in [0, 0.05) is 6.92 Å². The smallest absolute Gasteiger partial charge is 0.335 e. The molecule has 4 amide bonds. The second-order valence-electron chi connectivity index (χ2n) is 5.94. The van der Waals surface area contributed by atoms with E-state index in [2.05, 4.69) is 5.32 Å². The number of carbonyl (C=O) groups is 4. The fraction of sp³-hybridized carbons (Fsp3) is 0.100. The molecule has 1 heterocycles. The second kappa shape index (κ2) is 7.93. The molecular weight excluding hydrogens is 383 g/mol. The second-order valence-corrected chi connectivity index (χ2v) is 5.94. The van der Waals surface area contributed by atoms with Crippen molar-refractivity contribution in [2.24, 2.45) is 0 Å². The quantitative estimate of drug-likeness (QED) is 0.367. The summed E-state index contributed by atoms with van der Waals surface area (Å²) in [5.41, 5.74) is 0.191. The van der Waals surface area contributed by atoms with Crippen LogP contribution in [0.5, 0.6) is 11.5 Å². The van der Waals surface area contributed by atoms with E-state index in [0.717, 1.165) is 17.0 Å². The summed E-state index contributed by atoms with van der Waals surface area (Å²) in [4.78, 5) is 49.0. The zero-order chi connectivity index (χ0) is 21.1. The van der Waals surface area contributed by atoms with Crippen molar-refractivity contribution in [2.75, 3.05) is 12.0 Å². The minimum atomic E-state index is -0.938. The normalized spacial score (nSPS) is 15.3. The van der Waals surface area contributed by atoms with Gasteiger partial charge in [-0.05, 0) is 48.0 Å². The van der Waals surface area contributed by atoms with Crippen LogP contribution in [0.15, 0.2) is 48.0 Å². The molecule has 0 atom stereocenters. The highest BCUT2D eigenvalue weighted by molar-refractivity contribution is 6.39. The van der Waals surface area contributed by atoms with E-state index in [4.69, 9.17) is 9.47 Å². The van der Waals surface area contributed by atoms with Crippen LogP contribution >= 0.6 is 0 Å². The monoisotopic (exact) mass is 398 g/mol. The van der Waals surface area contributed by atoms with Crippen molar-refractivity contribution in [3.05, 3.63) is 59.4 Å². The zero-order valence-electron chi connectivity index (χ0n) is 15.4. The summed E-state index contributed by atoms with van der Waals surface area (Å²) in [6, 6.07) is 8.15. The molecule has 1 fully saturated rings. The molecule has 0 aromatic heterocycles. The molecule has 0 radical (unpaired) electrons. The Labute approximate surface area is 164 Å². The maximum absolute atomic E-state index is 13.1. The van der Waals surface area contributed by atoms with Crippen LogP contribution in [-0.2, 0) is 14.4 Å². The van der Waals surface area contributed by atoms with Crippen LogP contribution in [0.25, 0.3) is 6.08 Å². The third kappa shape index (κ3) is 4.13. The van der Waals surface area contributed by atoms with Gasteiger partial charge in [0.05, 0.1) is 12.8 Å². The van der Waals surface area contributed by atoms with Crippen LogP contribution in [0, 0.1) is 5.82 Å². The number of hydrogen-bond acceptors (Lipinski definition) is 6. The maximum Gasteiger partial charge on any atom is 0.335 e. The molecule has 0 saturated carbocycles. The highest BCUT2D eigenvalue weighted by Gasteiger charge is 2.36. The lowest BCUT2D eigenvalue weighted by atomic mass is 10.1. The number of rotatable bonds is 4. The first-order valence-corrected chi connectivity index (χ1v) is 8.33. The third-order valence-corrected chi connectivity index (χ3v) is 3.94. The maximum atomic E-state index is 13.1. The number of halogens is 1. The Morgan fingerprint density at radius 3 is 2.38 bits per heavy atom. The molecule has 2 aromatic rings. The molecule has 1 saturated heterocycles. The number of benzene rings is 2. The Morgan fingerprint density at radius 1 is 1.07 bits per heavy atom. The van der Waals surface area contributed by atoms with E-state index in [1.807, 2.05) is 0 Å². The van der Waals surface area contributed by atoms with Gasteiger partial charge in [0.2, 0.25) is 0 Å². The topological polar surface area (TPSA) is 102 Å². The van der Waals surface area contributed by atoms with Crippen molar-refractivity contribution in [3.63, 3.8) is 0 Å². The highest BCUT2D eigenvalue weighted by atomic mass is 19.1. The average molecular weight is 398 g/mol. The minimum absolute atomic E-state index is 0.107. The number of hydrogen-bond donors (Lipinski definition) is 1. The predicted octanol–water partition coefficient (Wildman–Crippen LogP) is 2.43. The number of carbonyl (C=O) groups excluding carboxylic acids is 4. The van der Waals surface area contributed by atoms with Gasteiger partial charge >= 0.3 is 12.0 Å². The average Bonchev–Trinajstić information content (AvgIpc) is 2.67. The summed E-state index contributed by atoms with van der Waals surface area (Å²) < 4.78 is 23.3. The SMILES string of the molecule is COc1cc(/C=C2\C(=O)NC(=O)N(c3ccc(F)cc3)C2=O)ccc1OC(C)=O. The van der Waals surface area contributed by atoms with Gasteiger partial charge in [-0.2, -0.15) is 0 Å². The molecule has 0 unspecified atom stereocenters. The Balaban J connectivity index is 1.98. The standard InChI is InChI=1S/C20H15FN2O6/c1-11(24)29-16-8-3-12(10-17(16)28-2)9-15-18(25)22-20(27)23(19(15)26)14-6-4-13(21)5-7-14/h3-10H,1-2H3,(H,22,25,27)/b15-9+. The number of nitrogens with zero attached hydrogens (tertiary/aromatic N) is 1. The fourth-order valence-electron chi connectivity index (χ4n) is 2.66. The molecule has 1 aliphatic heterocycles. The van der Waals surface area contributed by atoms with Crippen molar-refractivity contribution in [1.29, 1.82) is 0 Å². The van der Waals surface area contributed by atoms with E-state index < -0.39 is 29.6 Å². The molecule has 148 valence electrons. The largest absolute Gasteiger partial charge is 0.493 e. The van der Waals surface area contributed by atoms with E-state index in [1.54, 1.807) is 0 Å². The lowest BCUT2D eigenvalue weighted by Crippen LogP contribution is -2.54. The number of nitrogens with one attached hydrogen (secondary N) is 1. The molecule has 0 aliphatic carbocycles. The van der Waals surface area contributed by atoms with Crippen LogP contribution in [0.2, 0.25) is 0 Å². The van der Waals surface area contributed by atoms with Crippen molar-refractivity contribution >= 4 is 35.6 Å². The van der Waals surface area contributed by atoms with Crippen molar-refractivity contribution in [3.8, 4) is 11.5 Å². The Hall–Kier alpha value is -4.01. The van der Waals surface area contributed by atoms with Gasteiger partial charge < -0.3 is 9.47 Å². The number of urea groups is 1. The predicted molar refractivity (Wildman–Crippen MR) is 99.7 cm³/mol. The summed E-state index contributed by atoms with van der Waals surface area (Å²) in [5.74, 6) is -2.43. The molecule has 29 heavy (non-hydrogen) atoms. The van der Waals surface area contributed by atoms with Gasteiger partial charge in [0.25, 0.3) is 11.8 Å². The number of anilines is 1.